The average Bonchev–Trinajstić information content (AvgIpc) is 2.73. The molecule has 2 N–H and O–H groups in total. The third-order valence-corrected chi connectivity index (χ3v) is 4.22. The van der Waals surface area contributed by atoms with Gasteiger partial charge < -0.3 is 10.6 Å². The highest BCUT2D eigenvalue weighted by Crippen LogP contribution is 2.12. The van der Waals surface area contributed by atoms with Gasteiger partial charge in [0.15, 0.2) is 0 Å². The van der Waals surface area contributed by atoms with Gasteiger partial charge >= 0.3 is 0 Å². The Morgan fingerprint density at radius 3 is 2.04 bits per heavy atom. The highest BCUT2D eigenvalue weighted by Gasteiger charge is 2.19. The molecule has 0 spiro atoms. The summed E-state index contributed by atoms with van der Waals surface area (Å²) in [6, 6.07) is 11.2. The lowest BCUT2D eigenvalue weighted by Crippen LogP contribution is -2.39. The molecule has 1 unspecified atom stereocenters. The first kappa shape index (κ1) is 18.7. The number of amides is 1. The van der Waals surface area contributed by atoms with Gasteiger partial charge in [-0.15, -0.1) is 0 Å². The molecule has 0 radical (unpaired) electrons. The fourth-order valence-corrected chi connectivity index (χ4v) is 2.80. The Morgan fingerprint density at radius 1 is 0.815 bits per heavy atom. The number of nitrogens with zero attached hydrogens (tertiary/aromatic N) is 3. The molecule has 0 saturated heterocycles. The molecule has 3 rings (SSSR count). The van der Waals surface area contributed by atoms with E-state index in [1.165, 1.54) is 0 Å². The van der Waals surface area contributed by atoms with E-state index in [0.29, 0.717) is 13.1 Å². The van der Waals surface area contributed by atoms with Crippen LogP contribution in [-0.4, -0.2) is 33.9 Å². The molecule has 6 nitrogen and oxygen atoms in total. The number of hydrogen-bond donors (Lipinski definition) is 2. The van der Waals surface area contributed by atoms with Gasteiger partial charge in [-0.25, -0.2) is 0 Å². The zero-order valence-electron chi connectivity index (χ0n) is 15.1. The zero-order valence-corrected chi connectivity index (χ0v) is 15.1. The monoisotopic (exact) mass is 361 g/mol. The minimum Gasteiger partial charge on any atom is -0.354 e. The number of rotatable bonds is 9. The summed E-state index contributed by atoms with van der Waals surface area (Å²) in [6.07, 6.45) is 12.1. The molecule has 0 aliphatic rings. The van der Waals surface area contributed by atoms with Crippen LogP contribution in [-0.2, 0) is 17.6 Å². The van der Waals surface area contributed by atoms with E-state index in [1.54, 1.807) is 24.8 Å². The van der Waals surface area contributed by atoms with E-state index in [2.05, 4.69) is 25.6 Å². The predicted molar refractivity (Wildman–Crippen MR) is 104 cm³/mol. The third kappa shape index (κ3) is 5.97. The van der Waals surface area contributed by atoms with E-state index in [9.17, 15) is 4.79 Å². The van der Waals surface area contributed by atoms with Crippen LogP contribution in [0.15, 0.2) is 73.6 Å². The average molecular weight is 361 g/mol. The van der Waals surface area contributed by atoms with Crippen molar-refractivity contribution in [2.45, 2.75) is 18.9 Å². The van der Waals surface area contributed by atoms with E-state index >= 15 is 0 Å². The fraction of sp³-hybridized carbons (Fsp3) is 0.238. The summed E-state index contributed by atoms with van der Waals surface area (Å²) in [5.41, 5.74) is 3.13. The number of nitrogens with one attached hydrogen (secondary N) is 2. The topological polar surface area (TPSA) is 79.8 Å². The lowest BCUT2D eigenvalue weighted by atomic mass is 10.1. The van der Waals surface area contributed by atoms with Crippen molar-refractivity contribution in [3.05, 3.63) is 90.3 Å². The summed E-state index contributed by atoms with van der Waals surface area (Å²) in [5, 5.41) is 6.37. The number of hydrogen-bond acceptors (Lipinski definition) is 5. The van der Waals surface area contributed by atoms with Gasteiger partial charge in [-0.1, -0.05) is 12.1 Å². The van der Waals surface area contributed by atoms with Gasteiger partial charge in [0.2, 0.25) is 5.91 Å². The largest absolute Gasteiger partial charge is 0.354 e. The molecule has 1 atom stereocenters. The Morgan fingerprint density at radius 2 is 1.44 bits per heavy atom. The van der Waals surface area contributed by atoms with Gasteiger partial charge in [0.05, 0.1) is 0 Å². The van der Waals surface area contributed by atoms with Gasteiger partial charge in [-0.3, -0.25) is 19.7 Å². The molecular formula is C21H23N5O. The van der Waals surface area contributed by atoms with Crippen LogP contribution in [0.5, 0.6) is 0 Å². The van der Waals surface area contributed by atoms with Crippen molar-refractivity contribution in [1.29, 1.82) is 0 Å². The molecule has 0 saturated carbocycles. The highest BCUT2D eigenvalue weighted by atomic mass is 16.2. The minimum atomic E-state index is -0.418. The van der Waals surface area contributed by atoms with Gasteiger partial charge in [0.1, 0.15) is 6.04 Å². The molecule has 0 bridgehead atoms. The van der Waals surface area contributed by atoms with Crippen LogP contribution in [0.4, 0.5) is 0 Å². The van der Waals surface area contributed by atoms with Gasteiger partial charge in [-0.05, 0) is 53.8 Å². The lowest BCUT2D eigenvalue weighted by Gasteiger charge is -2.19. The van der Waals surface area contributed by atoms with Crippen LogP contribution in [0.1, 0.15) is 22.7 Å². The summed E-state index contributed by atoms with van der Waals surface area (Å²) in [4.78, 5) is 25.0. The fourth-order valence-electron chi connectivity index (χ4n) is 2.80. The van der Waals surface area contributed by atoms with Gasteiger partial charge in [0, 0.05) is 50.3 Å². The van der Waals surface area contributed by atoms with Crippen LogP contribution in [0, 0.1) is 0 Å². The molecular weight excluding hydrogens is 338 g/mol. The summed E-state index contributed by atoms with van der Waals surface area (Å²) in [7, 11) is 0. The molecule has 0 fully saturated rings. The van der Waals surface area contributed by atoms with Crippen molar-refractivity contribution in [2.24, 2.45) is 0 Å². The maximum absolute atomic E-state index is 12.8. The summed E-state index contributed by atoms with van der Waals surface area (Å²) < 4.78 is 0. The van der Waals surface area contributed by atoms with E-state index in [-0.39, 0.29) is 5.91 Å². The number of aromatic nitrogens is 3. The second-order valence-electron chi connectivity index (χ2n) is 6.18. The van der Waals surface area contributed by atoms with E-state index in [0.717, 1.165) is 29.5 Å². The van der Waals surface area contributed by atoms with Crippen LogP contribution < -0.4 is 10.6 Å². The third-order valence-electron chi connectivity index (χ3n) is 4.22. The number of carbonyl (C=O) groups excluding carboxylic acids is 1. The Balaban J connectivity index is 1.56. The second kappa shape index (κ2) is 10.1. The van der Waals surface area contributed by atoms with Crippen molar-refractivity contribution in [3.63, 3.8) is 0 Å². The molecule has 27 heavy (non-hydrogen) atoms. The van der Waals surface area contributed by atoms with Crippen molar-refractivity contribution < 1.29 is 4.79 Å². The molecule has 0 aliphatic carbocycles. The molecule has 3 aromatic heterocycles. The summed E-state index contributed by atoms with van der Waals surface area (Å²) in [5.74, 6) is -0.0451. The van der Waals surface area contributed by atoms with Crippen molar-refractivity contribution in [1.82, 2.24) is 25.6 Å². The first-order valence-electron chi connectivity index (χ1n) is 9.02. The molecule has 3 aromatic rings. The maximum Gasteiger partial charge on any atom is 0.241 e. The Hall–Kier alpha value is -3.12. The second-order valence-corrected chi connectivity index (χ2v) is 6.18. The van der Waals surface area contributed by atoms with Crippen molar-refractivity contribution in [2.75, 3.05) is 13.1 Å². The van der Waals surface area contributed by atoms with Gasteiger partial charge in [0.25, 0.3) is 0 Å². The van der Waals surface area contributed by atoms with Crippen LogP contribution >= 0.6 is 0 Å². The van der Waals surface area contributed by atoms with Crippen molar-refractivity contribution in [3.8, 4) is 0 Å². The molecule has 138 valence electrons. The zero-order chi connectivity index (χ0) is 18.7. The number of pyridine rings is 3. The highest BCUT2D eigenvalue weighted by molar-refractivity contribution is 5.83. The lowest BCUT2D eigenvalue weighted by molar-refractivity contribution is -0.123. The first-order chi connectivity index (χ1) is 13.3. The van der Waals surface area contributed by atoms with E-state index in [1.807, 2.05) is 48.8 Å². The normalized spacial score (nSPS) is 11.7. The standard InChI is InChI=1S/C21H23N5O/c27-21(26-14-6-18-4-2-10-24-16-18)20(19-7-11-22-12-8-19)25-13-5-17-3-1-9-23-15-17/h1-4,7-12,15-16,20,25H,5-6,13-14H2,(H,26,27). The van der Waals surface area contributed by atoms with Gasteiger partial charge in [-0.2, -0.15) is 0 Å². The quantitative estimate of drug-likeness (QED) is 0.610. The Labute approximate surface area is 159 Å². The first-order valence-corrected chi connectivity index (χ1v) is 9.02. The Kier molecular flexibility index (Phi) is 7.00. The predicted octanol–water partition coefficient (Wildman–Crippen LogP) is 2.10. The summed E-state index contributed by atoms with van der Waals surface area (Å²) >= 11 is 0. The summed E-state index contributed by atoms with van der Waals surface area (Å²) in [6.45, 7) is 1.24. The van der Waals surface area contributed by atoms with Crippen LogP contribution in [0.3, 0.4) is 0 Å². The van der Waals surface area contributed by atoms with E-state index in [4.69, 9.17) is 0 Å². The molecule has 1 amide bonds. The SMILES string of the molecule is O=C(NCCc1cccnc1)C(NCCc1cccnc1)c1ccncc1. The van der Waals surface area contributed by atoms with Crippen LogP contribution in [0.25, 0.3) is 0 Å². The van der Waals surface area contributed by atoms with E-state index < -0.39 is 6.04 Å². The molecule has 0 aliphatic heterocycles. The minimum absolute atomic E-state index is 0.0451. The number of carbonyl (C=O) groups is 1. The molecule has 6 heteroatoms. The van der Waals surface area contributed by atoms with Crippen LogP contribution in [0.2, 0.25) is 0 Å². The van der Waals surface area contributed by atoms with Crippen molar-refractivity contribution >= 4 is 5.91 Å². The molecule has 3 heterocycles. The maximum atomic E-state index is 12.8. The smallest absolute Gasteiger partial charge is 0.241 e. The molecule has 0 aromatic carbocycles. The Bertz CT molecular complexity index is 812.